The van der Waals surface area contributed by atoms with Crippen molar-refractivity contribution in [1.82, 2.24) is 15.5 Å². The Bertz CT molecular complexity index is 347. The molecule has 0 amide bonds. The van der Waals surface area contributed by atoms with Gasteiger partial charge in [-0.25, -0.2) is 0 Å². The number of hydrogen-bond donors (Lipinski definition) is 1. The van der Waals surface area contributed by atoms with E-state index in [1.807, 2.05) is 0 Å². The van der Waals surface area contributed by atoms with E-state index in [1.54, 1.807) is 0 Å². The van der Waals surface area contributed by atoms with Gasteiger partial charge in [-0.1, -0.05) is 5.16 Å². The number of rotatable bonds is 2. The molecule has 8 heteroatoms. The third-order valence-corrected chi connectivity index (χ3v) is 2.14. The average molecular weight is 237 g/mol. The predicted octanol–water partition coefficient (Wildman–Crippen LogP) is 0.619. The zero-order chi connectivity index (χ0) is 11.6. The molecule has 0 aliphatic carbocycles. The molecule has 1 unspecified atom stereocenters. The van der Waals surface area contributed by atoms with Gasteiger partial charge in [-0.15, -0.1) is 0 Å². The number of alkyl halides is 3. The SMILES string of the molecule is FC(F)(F)c1noc(CC2COCCN2)n1. The molecule has 1 aromatic rings. The Kier molecular flexibility index (Phi) is 3.10. The van der Waals surface area contributed by atoms with Crippen LogP contribution in [0.1, 0.15) is 11.7 Å². The van der Waals surface area contributed by atoms with Gasteiger partial charge in [0.25, 0.3) is 5.82 Å². The molecular weight excluding hydrogens is 227 g/mol. The summed E-state index contributed by atoms with van der Waals surface area (Å²) in [6, 6.07) is -0.0738. The van der Waals surface area contributed by atoms with Gasteiger partial charge in [0, 0.05) is 19.0 Å². The van der Waals surface area contributed by atoms with Crippen molar-refractivity contribution in [3.05, 3.63) is 11.7 Å². The number of morpholine rings is 1. The van der Waals surface area contributed by atoms with Gasteiger partial charge in [0.15, 0.2) is 0 Å². The Morgan fingerprint density at radius 1 is 1.44 bits per heavy atom. The molecule has 0 spiro atoms. The molecular formula is C8H10F3N3O2. The lowest BCUT2D eigenvalue weighted by atomic mass is 10.2. The minimum absolute atomic E-state index is 0.0321. The number of aromatic nitrogens is 2. The minimum atomic E-state index is -4.56. The monoisotopic (exact) mass is 237 g/mol. The van der Waals surface area contributed by atoms with Gasteiger partial charge in [0.2, 0.25) is 5.89 Å². The maximum absolute atomic E-state index is 12.2. The summed E-state index contributed by atoms with van der Waals surface area (Å²) < 4.78 is 46.1. The molecule has 2 heterocycles. The third-order valence-electron chi connectivity index (χ3n) is 2.14. The van der Waals surface area contributed by atoms with Crippen LogP contribution in [0.2, 0.25) is 0 Å². The van der Waals surface area contributed by atoms with E-state index in [0.29, 0.717) is 19.8 Å². The number of hydrogen-bond acceptors (Lipinski definition) is 5. The Hall–Kier alpha value is -1.15. The lowest BCUT2D eigenvalue weighted by molar-refractivity contribution is -0.146. The molecule has 1 saturated heterocycles. The smallest absolute Gasteiger partial charge is 0.378 e. The van der Waals surface area contributed by atoms with Gasteiger partial charge in [-0.05, 0) is 0 Å². The van der Waals surface area contributed by atoms with Crippen LogP contribution in [0.3, 0.4) is 0 Å². The van der Waals surface area contributed by atoms with Crippen LogP contribution in [0.25, 0.3) is 0 Å². The number of ether oxygens (including phenoxy) is 1. The highest BCUT2D eigenvalue weighted by Gasteiger charge is 2.37. The van der Waals surface area contributed by atoms with Crippen LogP contribution in [-0.4, -0.2) is 35.9 Å². The highest BCUT2D eigenvalue weighted by molar-refractivity contribution is 4.93. The minimum Gasteiger partial charge on any atom is -0.378 e. The van der Waals surface area contributed by atoms with Gasteiger partial charge in [0.05, 0.1) is 13.2 Å². The largest absolute Gasteiger partial charge is 0.455 e. The van der Waals surface area contributed by atoms with Crippen molar-refractivity contribution < 1.29 is 22.4 Å². The molecule has 0 aromatic carbocycles. The fourth-order valence-electron chi connectivity index (χ4n) is 1.41. The van der Waals surface area contributed by atoms with Crippen LogP contribution in [0.15, 0.2) is 4.52 Å². The highest BCUT2D eigenvalue weighted by Crippen LogP contribution is 2.26. The third kappa shape index (κ3) is 2.70. The molecule has 0 radical (unpaired) electrons. The van der Waals surface area contributed by atoms with Crippen molar-refractivity contribution in [2.24, 2.45) is 0 Å². The summed E-state index contributed by atoms with van der Waals surface area (Å²) in [6.07, 6.45) is -4.32. The van der Waals surface area contributed by atoms with Gasteiger partial charge < -0.3 is 14.6 Å². The van der Waals surface area contributed by atoms with Gasteiger partial charge in [-0.2, -0.15) is 18.2 Å². The summed E-state index contributed by atoms with van der Waals surface area (Å²) in [5.41, 5.74) is 0. The van der Waals surface area contributed by atoms with Crippen molar-refractivity contribution in [1.29, 1.82) is 0 Å². The zero-order valence-corrected chi connectivity index (χ0v) is 8.25. The molecule has 16 heavy (non-hydrogen) atoms. The first-order valence-electron chi connectivity index (χ1n) is 4.76. The molecule has 1 aliphatic rings. The Balaban J connectivity index is 1.97. The Labute approximate surface area is 89.0 Å². The van der Waals surface area contributed by atoms with E-state index in [9.17, 15) is 13.2 Å². The lowest BCUT2D eigenvalue weighted by Gasteiger charge is -2.22. The molecule has 90 valence electrons. The first kappa shape index (κ1) is 11.3. The summed E-state index contributed by atoms with van der Waals surface area (Å²) in [5.74, 6) is -1.27. The second kappa shape index (κ2) is 4.38. The van der Waals surface area contributed by atoms with Crippen LogP contribution in [-0.2, 0) is 17.3 Å². The topological polar surface area (TPSA) is 60.2 Å². The van der Waals surface area contributed by atoms with E-state index in [-0.39, 0.29) is 18.4 Å². The van der Waals surface area contributed by atoms with Crippen molar-refractivity contribution in [3.63, 3.8) is 0 Å². The van der Waals surface area contributed by atoms with E-state index in [4.69, 9.17) is 4.74 Å². The van der Waals surface area contributed by atoms with Crippen LogP contribution < -0.4 is 5.32 Å². The molecule has 5 nitrogen and oxygen atoms in total. The molecule has 0 bridgehead atoms. The van der Waals surface area contributed by atoms with E-state index in [2.05, 4.69) is 20.0 Å². The number of nitrogens with one attached hydrogen (secondary N) is 1. The number of halogens is 3. The Morgan fingerprint density at radius 2 is 2.25 bits per heavy atom. The molecule has 0 saturated carbocycles. The fourth-order valence-corrected chi connectivity index (χ4v) is 1.41. The predicted molar refractivity (Wildman–Crippen MR) is 45.6 cm³/mol. The van der Waals surface area contributed by atoms with Crippen molar-refractivity contribution in [3.8, 4) is 0 Å². The van der Waals surface area contributed by atoms with Crippen molar-refractivity contribution >= 4 is 0 Å². The molecule has 1 atom stereocenters. The van der Waals surface area contributed by atoms with Crippen LogP contribution in [0.5, 0.6) is 0 Å². The first-order valence-corrected chi connectivity index (χ1v) is 4.76. The second-order valence-electron chi connectivity index (χ2n) is 3.44. The fraction of sp³-hybridized carbons (Fsp3) is 0.750. The summed E-state index contributed by atoms with van der Waals surface area (Å²) in [4.78, 5) is 3.28. The molecule has 1 aromatic heterocycles. The quantitative estimate of drug-likeness (QED) is 0.817. The second-order valence-corrected chi connectivity index (χ2v) is 3.44. The molecule has 1 aliphatic heterocycles. The van der Waals surface area contributed by atoms with Gasteiger partial charge in [0.1, 0.15) is 0 Å². The number of nitrogens with zero attached hydrogens (tertiary/aromatic N) is 2. The van der Waals surface area contributed by atoms with E-state index in [1.165, 1.54) is 0 Å². The summed E-state index contributed by atoms with van der Waals surface area (Å²) >= 11 is 0. The van der Waals surface area contributed by atoms with E-state index in [0.717, 1.165) is 0 Å². The Morgan fingerprint density at radius 3 is 2.81 bits per heavy atom. The van der Waals surface area contributed by atoms with Crippen LogP contribution in [0, 0.1) is 0 Å². The molecule has 1 fully saturated rings. The maximum atomic E-state index is 12.2. The molecule has 1 N–H and O–H groups in total. The molecule has 2 rings (SSSR count). The zero-order valence-electron chi connectivity index (χ0n) is 8.25. The normalized spacial score (nSPS) is 22.3. The lowest BCUT2D eigenvalue weighted by Crippen LogP contribution is -2.42. The van der Waals surface area contributed by atoms with Crippen LogP contribution in [0.4, 0.5) is 13.2 Å². The van der Waals surface area contributed by atoms with Crippen LogP contribution >= 0.6 is 0 Å². The maximum Gasteiger partial charge on any atom is 0.455 e. The standard InChI is InChI=1S/C8H10F3N3O2/c9-8(10,11)7-13-6(16-14-7)3-5-4-15-2-1-12-5/h5,12H,1-4H2. The highest BCUT2D eigenvalue weighted by atomic mass is 19.4. The first-order chi connectivity index (χ1) is 7.55. The van der Waals surface area contributed by atoms with Crippen molar-refractivity contribution in [2.45, 2.75) is 18.6 Å². The van der Waals surface area contributed by atoms with Gasteiger partial charge >= 0.3 is 6.18 Å². The average Bonchev–Trinajstić information content (AvgIpc) is 2.67. The van der Waals surface area contributed by atoms with E-state index >= 15 is 0 Å². The summed E-state index contributed by atoms with van der Waals surface area (Å²) in [6.45, 7) is 1.71. The van der Waals surface area contributed by atoms with E-state index < -0.39 is 12.0 Å². The summed E-state index contributed by atoms with van der Waals surface area (Å²) in [7, 11) is 0. The summed E-state index contributed by atoms with van der Waals surface area (Å²) in [5, 5.41) is 5.95. The van der Waals surface area contributed by atoms with Crippen molar-refractivity contribution in [2.75, 3.05) is 19.8 Å². The van der Waals surface area contributed by atoms with Gasteiger partial charge in [-0.3, -0.25) is 0 Å².